The maximum absolute atomic E-state index is 2.61. The number of hydrogen-bond donors (Lipinski definition) is 0. The second kappa shape index (κ2) is 8.67. The lowest BCUT2D eigenvalue weighted by Crippen LogP contribution is -2.59. The van der Waals surface area contributed by atoms with Gasteiger partial charge in [-0.1, -0.05) is 102 Å². The molecule has 0 saturated carbocycles. The number of nitrogens with zero attached hydrogens (tertiary/aromatic N) is 1. The van der Waals surface area contributed by atoms with Crippen LogP contribution in [0.15, 0.2) is 101 Å². The number of rotatable bonds is 0. The summed E-state index contributed by atoms with van der Waals surface area (Å²) in [6.07, 6.45) is 0. The molecule has 4 aliphatic rings. The van der Waals surface area contributed by atoms with Gasteiger partial charge >= 0.3 is 0 Å². The lowest BCUT2D eigenvalue weighted by molar-refractivity contribution is 0.588. The van der Waals surface area contributed by atoms with E-state index in [0.29, 0.717) is 0 Å². The first-order valence-corrected chi connectivity index (χ1v) is 17.2. The standard InChI is InChI=1S/C38H33B2NS2/c1-37(2,3)22-15-17-24-26-21-27-25-18-16-23(38(4,5)6)20-33(25)43-40-29-12-8-10-14-31(29)41-30-13-9-7-11-28(30)39(42-32(24)19-22)34(26)36(41)35(27)40/h7-21H,1-6H3. The second-order valence-corrected chi connectivity index (χ2v) is 16.8. The fourth-order valence-corrected chi connectivity index (χ4v) is 10.4. The molecule has 0 radical (unpaired) electrons. The van der Waals surface area contributed by atoms with E-state index in [1.807, 2.05) is 0 Å². The van der Waals surface area contributed by atoms with Crippen LogP contribution < -0.4 is 26.8 Å². The monoisotopic (exact) mass is 589 g/mol. The van der Waals surface area contributed by atoms with Crippen molar-refractivity contribution in [3.05, 3.63) is 102 Å². The van der Waals surface area contributed by atoms with Crippen LogP contribution in [0.3, 0.4) is 0 Å². The molecule has 0 saturated heterocycles. The average Bonchev–Trinajstić information content (AvgIpc) is 2.99. The fourth-order valence-electron chi connectivity index (χ4n) is 7.54. The Bertz CT molecular complexity index is 1890. The summed E-state index contributed by atoms with van der Waals surface area (Å²) in [4.78, 5) is 5.42. The van der Waals surface area contributed by atoms with Gasteiger partial charge in [0.25, 0.3) is 12.0 Å². The Balaban J connectivity index is 1.41. The Morgan fingerprint density at radius 3 is 1.40 bits per heavy atom. The van der Waals surface area contributed by atoms with Crippen molar-refractivity contribution >= 4 is 74.1 Å². The molecule has 4 heterocycles. The number of fused-ring (bicyclic) bond motifs is 10. The fraction of sp³-hybridized carbons (Fsp3) is 0.211. The Morgan fingerprint density at radius 2 is 0.953 bits per heavy atom. The predicted octanol–water partition coefficient (Wildman–Crippen LogP) is 8.14. The summed E-state index contributed by atoms with van der Waals surface area (Å²) in [5.74, 6) is 0.539. The van der Waals surface area contributed by atoms with E-state index in [4.69, 9.17) is 0 Å². The SMILES string of the molecule is CC(C)(C)c1ccc2c(c1)SB1c3ccccc3N3c4ccccc4B4Sc5cc(C(C)(C)C)ccc5-c5cc-2c1c3c54. The molecule has 0 N–H and O–H groups in total. The minimum absolute atomic E-state index is 0.108. The van der Waals surface area contributed by atoms with E-state index in [1.54, 1.807) is 0 Å². The van der Waals surface area contributed by atoms with Crippen LogP contribution >= 0.6 is 23.2 Å². The highest BCUT2D eigenvalue weighted by Crippen LogP contribution is 2.52. The highest BCUT2D eigenvalue weighted by Gasteiger charge is 2.48. The van der Waals surface area contributed by atoms with E-state index in [0.717, 1.165) is 0 Å². The van der Waals surface area contributed by atoms with Gasteiger partial charge in [0.1, 0.15) is 0 Å². The number of anilines is 3. The van der Waals surface area contributed by atoms with Crippen LogP contribution in [-0.2, 0) is 10.8 Å². The van der Waals surface area contributed by atoms with Gasteiger partial charge in [-0.2, -0.15) is 23.2 Å². The van der Waals surface area contributed by atoms with E-state index < -0.39 is 0 Å². The third-order valence-electron chi connectivity index (χ3n) is 9.81. The van der Waals surface area contributed by atoms with Crippen LogP contribution in [0, 0.1) is 0 Å². The van der Waals surface area contributed by atoms with Crippen molar-refractivity contribution in [3.63, 3.8) is 0 Å². The van der Waals surface area contributed by atoms with Gasteiger partial charge in [-0.25, -0.2) is 0 Å². The van der Waals surface area contributed by atoms with Crippen LogP contribution in [0.25, 0.3) is 22.3 Å². The van der Waals surface area contributed by atoms with Gasteiger partial charge in [-0.15, -0.1) is 0 Å². The lowest BCUT2D eigenvalue weighted by atomic mass is 9.48. The third-order valence-corrected chi connectivity index (χ3v) is 12.4. The van der Waals surface area contributed by atoms with Crippen molar-refractivity contribution in [2.24, 2.45) is 0 Å². The van der Waals surface area contributed by atoms with Crippen LogP contribution in [-0.4, -0.2) is 12.0 Å². The zero-order valence-electron chi connectivity index (χ0n) is 25.6. The summed E-state index contributed by atoms with van der Waals surface area (Å²) >= 11 is 4.11. The molecule has 208 valence electrons. The topological polar surface area (TPSA) is 3.24 Å². The molecule has 1 nitrogen and oxygen atoms in total. The summed E-state index contributed by atoms with van der Waals surface area (Å²) in [5.41, 5.74) is 18.5. The number of para-hydroxylation sites is 2. The van der Waals surface area contributed by atoms with Crippen molar-refractivity contribution in [1.82, 2.24) is 0 Å². The molecule has 0 unspecified atom stereocenters. The van der Waals surface area contributed by atoms with Crippen molar-refractivity contribution in [2.75, 3.05) is 4.90 Å². The molecule has 5 heteroatoms. The normalized spacial score (nSPS) is 15.3. The molecule has 0 aliphatic carbocycles. The molecule has 5 aromatic rings. The molecular formula is C38H33B2NS2. The molecule has 0 fully saturated rings. The van der Waals surface area contributed by atoms with E-state index in [1.165, 1.54) is 82.1 Å². The predicted molar refractivity (Wildman–Crippen MR) is 191 cm³/mol. The second-order valence-electron chi connectivity index (χ2n) is 14.5. The van der Waals surface area contributed by atoms with Gasteiger partial charge in [0, 0.05) is 26.9 Å². The Morgan fingerprint density at radius 1 is 0.512 bits per heavy atom. The molecule has 0 aromatic heterocycles. The van der Waals surface area contributed by atoms with Crippen molar-refractivity contribution < 1.29 is 0 Å². The van der Waals surface area contributed by atoms with Crippen LogP contribution in [0.1, 0.15) is 52.7 Å². The molecule has 5 aromatic carbocycles. The first-order valence-electron chi connectivity index (χ1n) is 15.4. The number of benzene rings is 5. The summed E-state index contributed by atoms with van der Waals surface area (Å²) < 4.78 is 0. The minimum Gasteiger partial charge on any atom is -0.312 e. The minimum atomic E-state index is 0.108. The molecule has 0 atom stereocenters. The smallest absolute Gasteiger partial charge is 0.285 e. The molecule has 0 amide bonds. The summed E-state index contributed by atoms with van der Waals surface area (Å²) in [5, 5.41) is 0. The van der Waals surface area contributed by atoms with E-state index >= 15 is 0 Å². The molecule has 4 aliphatic heterocycles. The Hall–Kier alpha value is -3.27. The quantitative estimate of drug-likeness (QED) is 0.168. The highest BCUT2D eigenvalue weighted by atomic mass is 32.2. The van der Waals surface area contributed by atoms with E-state index in [-0.39, 0.29) is 22.8 Å². The molecular weight excluding hydrogens is 556 g/mol. The van der Waals surface area contributed by atoms with E-state index in [9.17, 15) is 0 Å². The van der Waals surface area contributed by atoms with Gasteiger partial charge in [-0.05, 0) is 96.4 Å². The maximum Gasteiger partial charge on any atom is 0.285 e. The summed E-state index contributed by atoms with van der Waals surface area (Å²) in [6, 6.07) is 35.3. The average molecular weight is 589 g/mol. The first-order chi connectivity index (χ1) is 20.6. The van der Waals surface area contributed by atoms with E-state index in [2.05, 4.69) is 161 Å². The number of hydrogen-bond acceptors (Lipinski definition) is 3. The first kappa shape index (κ1) is 26.2. The van der Waals surface area contributed by atoms with Crippen molar-refractivity contribution in [2.45, 2.75) is 62.2 Å². The van der Waals surface area contributed by atoms with Gasteiger partial charge in [0.05, 0.1) is 0 Å². The maximum atomic E-state index is 2.61. The summed E-state index contributed by atoms with van der Waals surface area (Å²) in [6.45, 7) is 13.9. The van der Waals surface area contributed by atoms with Crippen LogP contribution in [0.4, 0.5) is 17.1 Å². The van der Waals surface area contributed by atoms with Crippen molar-refractivity contribution in [3.8, 4) is 22.3 Å². The van der Waals surface area contributed by atoms with Gasteiger partial charge in [0.2, 0.25) is 0 Å². The Kier molecular flexibility index (Phi) is 5.28. The van der Waals surface area contributed by atoms with Gasteiger partial charge in [-0.3, -0.25) is 0 Å². The molecule has 0 spiro atoms. The Labute approximate surface area is 264 Å². The van der Waals surface area contributed by atoms with Crippen LogP contribution in [0.2, 0.25) is 0 Å². The molecule has 9 rings (SSSR count). The van der Waals surface area contributed by atoms with Crippen LogP contribution in [0.5, 0.6) is 0 Å². The zero-order valence-corrected chi connectivity index (χ0v) is 27.2. The summed E-state index contributed by atoms with van der Waals surface area (Å²) in [7, 11) is 0. The largest absolute Gasteiger partial charge is 0.312 e. The third kappa shape index (κ3) is 3.58. The van der Waals surface area contributed by atoms with Crippen molar-refractivity contribution in [1.29, 1.82) is 0 Å². The zero-order chi connectivity index (χ0) is 29.4. The molecule has 43 heavy (non-hydrogen) atoms. The van der Waals surface area contributed by atoms with Gasteiger partial charge < -0.3 is 4.90 Å². The molecule has 0 bridgehead atoms. The lowest BCUT2D eigenvalue weighted by Gasteiger charge is -2.47. The highest BCUT2D eigenvalue weighted by molar-refractivity contribution is 8.29. The van der Waals surface area contributed by atoms with Gasteiger partial charge in [0.15, 0.2) is 0 Å².